The van der Waals surface area contributed by atoms with Gasteiger partial charge in [0, 0.05) is 25.6 Å². The van der Waals surface area contributed by atoms with E-state index in [9.17, 15) is 13.2 Å². The normalized spacial score (nSPS) is 19.8. The maximum Gasteiger partial charge on any atom is 0.222 e. The first-order valence-electron chi connectivity index (χ1n) is 6.62. The lowest BCUT2D eigenvalue weighted by Gasteiger charge is -2.19. The summed E-state index contributed by atoms with van der Waals surface area (Å²) in [5, 5.41) is 3.26. The molecule has 6 heteroatoms. The van der Waals surface area contributed by atoms with Crippen molar-refractivity contribution in [3.63, 3.8) is 0 Å². The van der Waals surface area contributed by atoms with Crippen LogP contribution in [0.15, 0.2) is 0 Å². The SMILES string of the molecule is CC(C)NCCCC(=O)N1CCCS(=O)(=O)CC1. The van der Waals surface area contributed by atoms with Crippen molar-refractivity contribution in [2.45, 2.75) is 39.2 Å². The molecule has 18 heavy (non-hydrogen) atoms. The van der Waals surface area contributed by atoms with Gasteiger partial charge in [0.2, 0.25) is 5.91 Å². The molecule has 1 aliphatic heterocycles. The van der Waals surface area contributed by atoms with Crippen LogP contribution in [-0.4, -0.2) is 56.4 Å². The Labute approximate surface area is 110 Å². The van der Waals surface area contributed by atoms with Crippen LogP contribution in [0.2, 0.25) is 0 Å². The van der Waals surface area contributed by atoms with Crippen molar-refractivity contribution in [3.05, 3.63) is 0 Å². The van der Waals surface area contributed by atoms with Gasteiger partial charge in [-0.05, 0) is 19.4 Å². The maximum absolute atomic E-state index is 11.9. The maximum atomic E-state index is 11.9. The lowest BCUT2D eigenvalue weighted by Crippen LogP contribution is -2.34. The fourth-order valence-electron chi connectivity index (χ4n) is 1.98. The highest BCUT2D eigenvalue weighted by Crippen LogP contribution is 2.07. The van der Waals surface area contributed by atoms with E-state index in [1.807, 2.05) is 0 Å². The van der Waals surface area contributed by atoms with Crippen molar-refractivity contribution in [3.8, 4) is 0 Å². The van der Waals surface area contributed by atoms with E-state index in [0.29, 0.717) is 32.0 Å². The first-order chi connectivity index (χ1) is 8.41. The number of amides is 1. The molecule has 5 nitrogen and oxygen atoms in total. The number of carbonyl (C=O) groups excluding carboxylic acids is 1. The number of hydrogen-bond donors (Lipinski definition) is 1. The number of hydrogen-bond acceptors (Lipinski definition) is 4. The first-order valence-corrected chi connectivity index (χ1v) is 8.44. The molecule has 0 aliphatic carbocycles. The van der Waals surface area contributed by atoms with Crippen LogP contribution >= 0.6 is 0 Å². The second kappa shape index (κ2) is 7.09. The molecule has 0 aromatic rings. The highest BCUT2D eigenvalue weighted by atomic mass is 32.2. The van der Waals surface area contributed by atoms with Crippen LogP contribution in [0.4, 0.5) is 0 Å². The molecule has 1 N–H and O–H groups in total. The number of rotatable bonds is 5. The van der Waals surface area contributed by atoms with Gasteiger partial charge < -0.3 is 10.2 Å². The molecule has 1 fully saturated rings. The summed E-state index contributed by atoms with van der Waals surface area (Å²) >= 11 is 0. The van der Waals surface area contributed by atoms with Crippen molar-refractivity contribution < 1.29 is 13.2 Å². The van der Waals surface area contributed by atoms with Gasteiger partial charge in [-0.15, -0.1) is 0 Å². The Hall–Kier alpha value is -0.620. The van der Waals surface area contributed by atoms with Gasteiger partial charge in [0.05, 0.1) is 11.5 Å². The van der Waals surface area contributed by atoms with Crippen molar-refractivity contribution in [1.29, 1.82) is 0 Å². The Balaban J connectivity index is 2.29. The lowest BCUT2D eigenvalue weighted by molar-refractivity contribution is -0.131. The van der Waals surface area contributed by atoms with Crippen LogP contribution < -0.4 is 5.32 Å². The standard InChI is InChI=1S/C12H24N2O3S/c1-11(2)13-6-3-5-12(15)14-7-4-9-18(16,17)10-8-14/h11,13H,3-10H2,1-2H3. The number of nitrogens with zero attached hydrogens (tertiary/aromatic N) is 1. The molecule has 0 saturated carbocycles. The molecule has 1 aliphatic rings. The summed E-state index contributed by atoms with van der Waals surface area (Å²) in [4.78, 5) is 13.6. The molecule has 0 spiro atoms. The number of sulfone groups is 1. The van der Waals surface area contributed by atoms with Crippen molar-refractivity contribution in [1.82, 2.24) is 10.2 Å². The fraction of sp³-hybridized carbons (Fsp3) is 0.917. The molecule has 0 unspecified atom stereocenters. The summed E-state index contributed by atoms with van der Waals surface area (Å²) in [7, 11) is -2.93. The molecule has 1 rings (SSSR count). The van der Waals surface area contributed by atoms with E-state index < -0.39 is 9.84 Å². The summed E-state index contributed by atoms with van der Waals surface area (Å²) in [6.45, 7) is 5.91. The minimum Gasteiger partial charge on any atom is -0.342 e. The minimum atomic E-state index is -2.93. The molecule has 1 amide bonds. The van der Waals surface area contributed by atoms with Gasteiger partial charge in [-0.3, -0.25) is 4.79 Å². The monoisotopic (exact) mass is 276 g/mol. The van der Waals surface area contributed by atoms with Crippen LogP contribution in [0, 0.1) is 0 Å². The third-order valence-electron chi connectivity index (χ3n) is 3.03. The number of carbonyl (C=O) groups is 1. The van der Waals surface area contributed by atoms with Crippen LogP contribution in [0.25, 0.3) is 0 Å². The molecule has 0 aromatic carbocycles. The first kappa shape index (κ1) is 15.4. The summed E-state index contributed by atoms with van der Waals surface area (Å²) in [6, 6.07) is 0.434. The van der Waals surface area contributed by atoms with Gasteiger partial charge in [0.15, 0.2) is 9.84 Å². The van der Waals surface area contributed by atoms with Gasteiger partial charge in [-0.25, -0.2) is 8.42 Å². The smallest absolute Gasteiger partial charge is 0.222 e. The summed E-state index contributed by atoms with van der Waals surface area (Å²) in [5.41, 5.74) is 0. The highest BCUT2D eigenvalue weighted by molar-refractivity contribution is 7.91. The summed E-state index contributed by atoms with van der Waals surface area (Å²) in [6.07, 6.45) is 1.87. The van der Waals surface area contributed by atoms with E-state index in [4.69, 9.17) is 0 Å². The van der Waals surface area contributed by atoms with Gasteiger partial charge in [-0.1, -0.05) is 13.8 Å². The molecule has 0 atom stereocenters. The number of nitrogens with one attached hydrogen (secondary N) is 1. The van der Waals surface area contributed by atoms with E-state index >= 15 is 0 Å². The van der Waals surface area contributed by atoms with Gasteiger partial charge in [0.25, 0.3) is 0 Å². The highest BCUT2D eigenvalue weighted by Gasteiger charge is 2.21. The third-order valence-corrected chi connectivity index (χ3v) is 4.74. The third kappa shape index (κ3) is 5.82. The molecular formula is C12H24N2O3S. The quantitative estimate of drug-likeness (QED) is 0.739. The Morgan fingerprint density at radius 3 is 2.67 bits per heavy atom. The summed E-state index contributed by atoms with van der Waals surface area (Å²) < 4.78 is 22.9. The van der Waals surface area contributed by atoms with E-state index in [1.54, 1.807) is 4.90 Å². The minimum absolute atomic E-state index is 0.0812. The zero-order chi connectivity index (χ0) is 13.6. The topological polar surface area (TPSA) is 66.5 Å². The predicted molar refractivity (Wildman–Crippen MR) is 72.2 cm³/mol. The molecule has 1 heterocycles. The average Bonchev–Trinajstić information content (AvgIpc) is 2.45. The average molecular weight is 276 g/mol. The Morgan fingerprint density at radius 1 is 1.28 bits per heavy atom. The predicted octanol–water partition coefficient (Wildman–Crippen LogP) is 0.412. The Morgan fingerprint density at radius 2 is 2.00 bits per heavy atom. The fourth-order valence-corrected chi connectivity index (χ4v) is 3.25. The zero-order valence-corrected chi connectivity index (χ0v) is 12.1. The Kier molecular flexibility index (Phi) is 6.08. The molecule has 0 radical (unpaired) electrons. The lowest BCUT2D eigenvalue weighted by atomic mass is 10.2. The van der Waals surface area contributed by atoms with E-state index in [0.717, 1.165) is 13.0 Å². The van der Waals surface area contributed by atoms with Crippen molar-refractivity contribution >= 4 is 15.7 Å². The van der Waals surface area contributed by atoms with Crippen molar-refractivity contribution in [2.24, 2.45) is 0 Å². The second-order valence-electron chi connectivity index (χ2n) is 5.10. The van der Waals surface area contributed by atoms with Gasteiger partial charge in [-0.2, -0.15) is 0 Å². The van der Waals surface area contributed by atoms with Crippen molar-refractivity contribution in [2.75, 3.05) is 31.1 Å². The van der Waals surface area contributed by atoms with Crippen LogP contribution in [0.1, 0.15) is 33.1 Å². The van der Waals surface area contributed by atoms with Gasteiger partial charge >= 0.3 is 0 Å². The van der Waals surface area contributed by atoms with Crippen LogP contribution in [0.3, 0.4) is 0 Å². The van der Waals surface area contributed by atoms with Gasteiger partial charge in [0.1, 0.15) is 0 Å². The molecule has 1 saturated heterocycles. The van der Waals surface area contributed by atoms with E-state index in [1.165, 1.54) is 0 Å². The summed E-state index contributed by atoms with van der Waals surface area (Å²) in [5.74, 6) is 0.409. The van der Waals surface area contributed by atoms with E-state index in [2.05, 4.69) is 19.2 Å². The Bertz CT molecular complexity index is 366. The second-order valence-corrected chi connectivity index (χ2v) is 7.40. The zero-order valence-electron chi connectivity index (χ0n) is 11.3. The molecule has 0 aromatic heterocycles. The molecule has 106 valence electrons. The molecular weight excluding hydrogens is 252 g/mol. The molecule has 0 bridgehead atoms. The largest absolute Gasteiger partial charge is 0.342 e. The van der Waals surface area contributed by atoms with E-state index in [-0.39, 0.29) is 17.4 Å². The van der Waals surface area contributed by atoms with Crippen LogP contribution in [0.5, 0.6) is 0 Å². The van der Waals surface area contributed by atoms with Crippen LogP contribution in [-0.2, 0) is 14.6 Å².